The predicted molar refractivity (Wildman–Crippen MR) is 97.3 cm³/mol. The Bertz CT molecular complexity index is 826. The quantitative estimate of drug-likeness (QED) is 0.722. The number of benzene rings is 2. The van der Waals surface area contributed by atoms with Crippen LogP contribution in [0.3, 0.4) is 0 Å². The number of anilines is 1. The molecule has 0 saturated carbocycles. The molecule has 1 amide bonds. The van der Waals surface area contributed by atoms with Crippen LogP contribution >= 0.6 is 0 Å². The van der Waals surface area contributed by atoms with Crippen molar-refractivity contribution in [2.45, 2.75) is 19.9 Å². The first-order valence-corrected chi connectivity index (χ1v) is 8.20. The number of hydrogen-bond acceptors (Lipinski definition) is 4. The zero-order chi connectivity index (χ0) is 17.6. The van der Waals surface area contributed by atoms with E-state index in [-0.39, 0.29) is 18.5 Å². The second-order valence-corrected chi connectivity index (χ2v) is 6.01. The summed E-state index contributed by atoms with van der Waals surface area (Å²) in [4.78, 5) is 12.2. The monoisotopic (exact) mass is 335 g/mol. The van der Waals surface area contributed by atoms with Crippen molar-refractivity contribution >= 4 is 11.7 Å². The number of carbonyl (C=O) groups is 1. The molecular weight excluding hydrogens is 314 g/mol. The Morgan fingerprint density at radius 1 is 1.04 bits per heavy atom. The lowest BCUT2D eigenvalue weighted by Gasteiger charge is -2.19. The summed E-state index contributed by atoms with van der Waals surface area (Å²) >= 11 is 0. The normalized spacial score (nSPS) is 11.9. The summed E-state index contributed by atoms with van der Waals surface area (Å²) in [5, 5.41) is 9.83. The molecule has 2 aromatic carbocycles. The van der Waals surface area contributed by atoms with E-state index in [9.17, 15) is 4.79 Å². The van der Waals surface area contributed by atoms with Crippen molar-refractivity contribution in [2.75, 3.05) is 11.9 Å². The molecule has 3 rings (SSSR count). The Labute approximate surface area is 147 Å². The Morgan fingerprint density at radius 3 is 2.36 bits per heavy atom. The lowest BCUT2D eigenvalue weighted by atomic mass is 9.98. The molecule has 0 fully saturated rings. The average Bonchev–Trinajstić information content (AvgIpc) is 3.02. The fourth-order valence-electron chi connectivity index (χ4n) is 2.64. The first kappa shape index (κ1) is 16.9. The van der Waals surface area contributed by atoms with E-state index in [0.29, 0.717) is 11.6 Å². The molecule has 5 heteroatoms. The average molecular weight is 335 g/mol. The summed E-state index contributed by atoms with van der Waals surface area (Å²) in [5.41, 5.74) is 3.42. The number of rotatable bonds is 6. The molecule has 5 nitrogen and oxygen atoms in total. The Hall–Kier alpha value is -2.92. The maximum absolute atomic E-state index is 12.2. The smallest absolute Gasteiger partial charge is 0.239 e. The van der Waals surface area contributed by atoms with Gasteiger partial charge in [0, 0.05) is 6.07 Å². The molecule has 1 aromatic heterocycles. The largest absolute Gasteiger partial charge is 0.360 e. The van der Waals surface area contributed by atoms with Crippen LogP contribution in [0.5, 0.6) is 0 Å². The second-order valence-electron chi connectivity index (χ2n) is 6.01. The van der Waals surface area contributed by atoms with Gasteiger partial charge in [-0.25, -0.2) is 0 Å². The van der Waals surface area contributed by atoms with Crippen molar-refractivity contribution < 1.29 is 9.32 Å². The minimum absolute atomic E-state index is 0.0633. The van der Waals surface area contributed by atoms with Gasteiger partial charge in [-0.05, 0) is 25.0 Å². The van der Waals surface area contributed by atoms with Crippen LogP contribution in [0.2, 0.25) is 0 Å². The minimum atomic E-state index is -0.165. The molecule has 3 aromatic rings. The molecule has 128 valence electrons. The molecule has 0 saturated heterocycles. The Balaban J connectivity index is 1.71. The molecule has 1 atom stereocenters. The van der Waals surface area contributed by atoms with E-state index in [4.69, 9.17) is 4.52 Å². The van der Waals surface area contributed by atoms with Gasteiger partial charge in [0.25, 0.3) is 0 Å². The molecular formula is C20H21N3O2. The van der Waals surface area contributed by atoms with Gasteiger partial charge in [-0.2, -0.15) is 0 Å². The highest BCUT2D eigenvalue weighted by molar-refractivity contribution is 5.91. The van der Waals surface area contributed by atoms with Gasteiger partial charge in [0.1, 0.15) is 5.76 Å². The van der Waals surface area contributed by atoms with E-state index in [1.807, 2.05) is 18.2 Å². The second kappa shape index (κ2) is 7.77. The third-order valence-corrected chi connectivity index (χ3v) is 3.91. The van der Waals surface area contributed by atoms with E-state index in [2.05, 4.69) is 59.1 Å². The minimum Gasteiger partial charge on any atom is -0.360 e. The summed E-state index contributed by atoms with van der Waals surface area (Å²) in [6.45, 7) is 4.01. The topological polar surface area (TPSA) is 67.2 Å². The van der Waals surface area contributed by atoms with Gasteiger partial charge in [-0.15, -0.1) is 0 Å². The summed E-state index contributed by atoms with van der Waals surface area (Å²) in [7, 11) is 0. The van der Waals surface area contributed by atoms with Crippen LogP contribution in [0.15, 0.2) is 65.2 Å². The van der Waals surface area contributed by atoms with Crippen molar-refractivity contribution in [3.8, 4) is 0 Å². The van der Waals surface area contributed by atoms with Crippen molar-refractivity contribution in [3.63, 3.8) is 0 Å². The van der Waals surface area contributed by atoms with Crippen molar-refractivity contribution in [1.82, 2.24) is 10.5 Å². The molecule has 0 radical (unpaired) electrons. The van der Waals surface area contributed by atoms with Gasteiger partial charge in [0.15, 0.2) is 5.82 Å². The SMILES string of the molecule is Cc1ccc([C@H](NCC(=O)Nc2cc(C)on2)c2ccccc2)cc1. The van der Waals surface area contributed by atoms with Crippen LogP contribution in [0.4, 0.5) is 5.82 Å². The van der Waals surface area contributed by atoms with E-state index in [1.165, 1.54) is 5.56 Å². The van der Waals surface area contributed by atoms with Gasteiger partial charge in [0.05, 0.1) is 12.6 Å². The lowest BCUT2D eigenvalue weighted by Crippen LogP contribution is -2.32. The fraction of sp³-hybridized carbons (Fsp3) is 0.200. The number of nitrogens with one attached hydrogen (secondary N) is 2. The van der Waals surface area contributed by atoms with Gasteiger partial charge in [-0.3, -0.25) is 10.1 Å². The number of carbonyl (C=O) groups excluding carboxylic acids is 1. The highest BCUT2D eigenvalue weighted by atomic mass is 16.5. The van der Waals surface area contributed by atoms with E-state index >= 15 is 0 Å². The molecule has 0 spiro atoms. The van der Waals surface area contributed by atoms with Crippen LogP contribution in [0.1, 0.15) is 28.5 Å². The zero-order valence-electron chi connectivity index (χ0n) is 14.3. The predicted octanol–water partition coefficient (Wildman–Crippen LogP) is 3.61. The fourth-order valence-corrected chi connectivity index (χ4v) is 2.64. The molecule has 0 aliphatic heterocycles. The van der Waals surface area contributed by atoms with E-state index in [1.54, 1.807) is 13.0 Å². The number of aromatic nitrogens is 1. The van der Waals surface area contributed by atoms with E-state index < -0.39 is 0 Å². The number of hydrogen-bond donors (Lipinski definition) is 2. The maximum atomic E-state index is 12.2. The summed E-state index contributed by atoms with van der Waals surface area (Å²) < 4.78 is 4.96. The van der Waals surface area contributed by atoms with Crippen LogP contribution < -0.4 is 10.6 Å². The highest BCUT2D eigenvalue weighted by Crippen LogP contribution is 2.22. The first-order chi connectivity index (χ1) is 12.1. The molecule has 25 heavy (non-hydrogen) atoms. The number of aryl methyl sites for hydroxylation is 2. The van der Waals surface area contributed by atoms with Crippen LogP contribution in [0.25, 0.3) is 0 Å². The van der Waals surface area contributed by atoms with Gasteiger partial charge in [0.2, 0.25) is 5.91 Å². The van der Waals surface area contributed by atoms with Crippen molar-refractivity contribution in [2.24, 2.45) is 0 Å². The Kier molecular flexibility index (Phi) is 5.26. The third-order valence-electron chi connectivity index (χ3n) is 3.91. The summed E-state index contributed by atoms with van der Waals surface area (Å²) in [5.74, 6) is 0.919. The van der Waals surface area contributed by atoms with E-state index in [0.717, 1.165) is 11.1 Å². The maximum Gasteiger partial charge on any atom is 0.239 e. The molecule has 0 bridgehead atoms. The van der Waals surface area contributed by atoms with Crippen LogP contribution in [-0.2, 0) is 4.79 Å². The molecule has 0 aliphatic rings. The molecule has 0 unspecified atom stereocenters. The van der Waals surface area contributed by atoms with Crippen LogP contribution in [0, 0.1) is 13.8 Å². The first-order valence-electron chi connectivity index (χ1n) is 8.20. The lowest BCUT2D eigenvalue weighted by molar-refractivity contribution is -0.115. The van der Waals surface area contributed by atoms with Gasteiger partial charge < -0.3 is 9.84 Å². The zero-order valence-corrected chi connectivity index (χ0v) is 14.3. The van der Waals surface area contributed by atoms with Gasteiger partial charge >= 0.3 is 0 Å². The number of amides is 1. The molecule has 0 aliphatic carbocycles. The standard InChI is InChI=1S/C20H21N3O2/c1-14-8-10-17(11-9-14)20(16-6-4-3-5-7-16)21-13-19(24)22-18-12-15(2)25-23-18/h3-12,20-21H,13H2,1-2H3,(H,22,23,24)/t20-/m1/s1. The molecule has 1 heterocycles. The van der Waals surface area contributed by atoms with Gasteiger partial charge in [-0.1, -0.05) is 65.3 Å². The molecule has 2 N–H and O–H groups in total. The van der Waals surface area contributed by atoms with Crippen molar-refractivity contribution in [1.29, 1.82) is 0 Å². The third kappa shape index (κ3) is 4.55. The summed E-state index contributed by atoms with van der Waals surface area (Å²) in [6, 6.07) is 20.0. The number of nitrogens with zero attached hydrogens (tertiary/aromatic N) is 1. The van der Waals surface area contributed by atoms with Crippen molar-refractivity contribution in [3.05, 3.63) is 83.1 Å². The Morgan fingerprint density at radius 2 is 1.72 bits per heavy atom. The van der Waals surface area contributed by atoms with Crippen LogP contribution in [-0.4, -0.2) is 17.6 Å². The summed E-state index contributed by atoms with van der Waals surface area (Å²) in [6.07, 6.45) is 0. The highest BCUT2D eigenvalue weighted by Gasteiger charge is 2.15.